The maximum Gasteiger partial charge on any atom is 0.178 e. The van der Waals surface area contributed by atoms with Gasteiger partial charge in [0.25, 0.3) is 0 Å². The molecular formula is C8H15NO2. The van der Waals surface area contributed by atoms with Crippen molar-refractivity contribution in [3.05, 3.63) is 0 Å². The van der Waals surface area contributed by atoms with E-state index in [1.54, 1.807) is 7.11 Å². The fraction of sp³-hybridized carbons (Fsp3) is 0.875. The lowest BCUT2D eigenvalue weighted by Crippen LogP contribution is -2.46. The van der Waals surface area contributed by atoms with Gasteiger partial charge in [0.05, 0.1) is 5.54 Å². The van der Waals surface area contributed by atoms with E-state index in [-0.39, 0.29) is 17.9 Å². The van der Waals surface area contributed by atoms with Crippen LogP contribution >= 0.6 is 0 Å². The van der Waals surface area contributed by atoms with Gasteiger partial charge in [0.15, 0.2) is 5.78 Å². The van der Waals surface area contributed by atoms with Crippen LogP contribution in [-0.2, 0) is 9.53 Å². The molecule has 1 saturated heterocycles. The number of ketones is 1. The first-order valence-corrected chi connectivity index (χ1v) is 3.96. The smallest absolute Gasteiger partial charge is 0.178 e. The molecule has 3 nitrogen and oxygen atoms in total. The topological polar surface area (TPSA) is 38.3 Å². The molecule has 11 heavy (non-hydrogen) atoms. The third-order valence-corrected chi connectivity index (χ3v) is 2.26. The van der Waals surface area contributed by atoms with Crippen LogP contribution in [0.2, 0.25) is 0 Å². The van der Waals surface area contributed by atoms with Gasteiger partial charge in [-0.3, -0.25) is 4.79 Å². The van der Waals surface area contributed by atoms with Crippen molar-refractivity contribution >= 4 is 5.78 Å². The van der Waals surface area contributed by atoms with E-state index in [0.29, 0.717) is 0 Å². The number of hydrogen-bond acceptors (Lipinski definition) is 3. The van der Waals surface area contributed by atoms with Crippen LogP contribution < -0.4 is 5.32 Å². The molecule has 0 saturated carbocycles. The third-order valence-electron chi connectivity index (χ3n) is 2.26. The molecule has 3 heteroatoms. The summed E-state index contributed by atoms with van der Waals surface area (Å²) in [7, 11) is 1.55. The van der Waals surface area contributed by atoms with Gasteiger partial charge in [-0.1, -0.05) is 0 Å². The van der Waals surface area contributed by atoms with Crippen molar-refractivity contribution < 1.29 is 9.53 Å². The second kappa shape index (κ2) is 3.32. The van der Waals surface area contributed by atoms with E-state index in [4.69, 9.17) is 4.74 Å². The minimum absolute atomic E-state index is 0.164. The van der Waals surface area contributed by atoms with E-state index in [0.717, 1.165) is 19.4 Å². The van der Waals surface area contributed by atoms with Crippen molar-refractivity contribution in [2.24, 2.45) is 0 Å². The summed E-state index contributed by atoms with van der Waals surface area (Å²) in [5.74, 6) is 0.164. The Labute approximate surface area is 67.1 Å². The van der Waals surface area contributed by atoms with Gasteiger partial charge >= 0.3 is 0 Å². The minimum Gasteiger partial charge on any atom is -0.377 e. The van der Waals surface area contributed by atoms with Gasteiger partial charge in [0, 0.05) is 7.11 Å². The Morgan fingerprint density at radius 2 is 2.45 bits per heavy atom. The summed E-state index contributed by atoms with van der Waals surface area (Å²) >= 11 is 0. The average Bonchev–Trinajstić information content (AvgIpc) is 2.38. The van der Waals surface area contributed by atoms with Gasteiger partial charge in [-0.2, -0.15) is 0 Å². The lowest BCUT2D eigenvalue weighted by Gasteiger charge is -2.21. The Morgan fingerprint density at radius 3 is 2.91 bits per heavy atom. The summed E-state index contributed by atoms with van der Waals surface area (Å²) < 4.78 is 4.79. The molecule has 1 heterocycles. The quantitative estimate of drug-likeness (QED) is 0.642. The molecule has 0 radical (unpaired) electrons. The number of carbonyl (C=O) groups excluding carboxylic acids is 1. The zero-order valence-corrected chi connectivity index (χ0v) is 7.14. The van der Waals surface area contributed by atoms with Crippen LogP contribution in [0, 0.1) is 0 Å². The molecule has 1 unspecified atom stereocenters. The fourth-order valence-corrected chi connectivity index (χ4v) is 1.42. The van der Waals surface area contributed by atoms with Gasteiger partial charge < -0.3 is 10.1 Å². The largest absolute Gasteiger partial charge is 0.377 e. The SMILES string of the molecule is COCC(=O)C1(C)CCCN1. The summed E-state index contributed by atoms with van der Waals surface area (Å²) in [5.41, 5.74) is -0.310. The van der Waals surface area contributed by atoms with Gasteiger partial charge in [-0.05, 0) is 26.3 Å². The normalized spacial score (nSPS) is 30.7. The van der Waals surface area contributed by atoms with Crippen molar-refractivity contribution in [3.63, 3.8) is 0 Å². The Balaban J connectivity index is 2.49. The van der Waals surface area contributed by atoms with Crippen molar-refractivity contribution in [2.45, 2.75) is 25.3 Å². The molecule has 1 N–H and O–H groups in total. The Kier molecular flexibility index (Phi) is 2.62. The molecule has 1 fully saturated rings. The molecular weight excluding hydrogens is 142 g/mol. The molecule has 64 valence electrons. The molecule has 1 aliphatic heterocycles. The van der Waals surface area contributed by atoms with E-state index in [1.807, 2.05) is 6.92 Å². The number of rotatable bonds is 3. The van der Waals surface area contributed by atoms with Crippen molar-refractivity contribution in [1.29, 1.82) is 0 Å². The minimum atomic E-state index is -0.310. The first kappa shape index (κ1) is 8.68. The number of Topliss-reactive ketones (excluding diaryl/α,β-unsaturated/α-hetero) is 1. The Hall–Kier alpha value is -0.410. The van der Waals surface area contributed by atoms with Crippen molar-refractivity contribution in [1.82, 2.24) is 5.32 Å². The second-order valence-electron chi connectivity index (χ2n) is 3.22. The van der Waals surface area contributed by atoms with Crippen molar-refractivity contribution in [2.75, 3.05) is 20.3 Å². The number of methoxy groups -OCH3 is 1. The van der Waals surface area contributed by atoms with Crippen molar-refractivity contribution in [3.8, 4) is 0 Å². The molecule has 1 aliphatic rings. The molecule has 0 amide bonds. The lowest BCUT2D eigenvalue weighted by atomic mass is 9.95. The number of nitrogens with one attached hydrogen (secondary N) is 1. The van der Waals surface area contributed by atoms with Gasteiger partial charge in [-0.15, -0.1) is 0 Å². The number of carbonyl (C=O) groups is 1. The van der Waals surface area contributed by atoms with Crippen LogP contribution in [-0.4, -0.2) is 31.6 Å². The number of ether oxygens (including phenoxy) is 1. The van der Waals surface area contributed by atoms with Crippen LogP contribution in [0.1, 0.15) is 19.8 Å². The highest BCUT2D eigenvalue weighted by molar-refractivity contribution is 5.89. The first-order valence-electron chi connectivity index (χ1n) is 3.96. The van der Waals surface area contributed by atoms with Crippen LogP contribution in [0.15, 0.2) is 0 Å². The predicted molar refractivity (Wildman–Crippen MR) is 42.5 cm³/mol. The molecule has 0 bridgehead atoms. The van der Waals surface area contributed by atoms with Gasteiger partial charge in [0.2, 0.25) is 0 Å². The summed E-state index contributed by atoms with van der Waals surface area (Å²) in [6, 6.07) is 0. The van der Waals surface area contributed by atoms with Gasteiger partial charge in [-0.25, -0.2) is 0 Å². The fourth-order valence-electron chi connectivity index (χ4n) is 1.42. The zero-order chi connectivity index (χ0) is 8.32. The molecule has 0 aromatic rings. The maximum atomic E-state index is 11.4. The standard InChI is InChI=1S/C8H15NO2/c1-8(4-3-5-9-8)7(10)6-11-2/h9H,3-6H2,1-2H3. The van der Waals surface area contributed by atoms with E-state index in [1.165, 1.54) is 0 Å². The maximum absolute atomic E-state index is 11.4. The summed E-state index contributed by atoms with van der Waals surface area (Å²) in [4.78, 5) is 11.4. The monoisotopic (exact) mass is 157 g/mol. The Morgan fingerprint density at radius 1 is 1.73 bits per heavy atom. The highest BCUT2D eigenvalue weighted by atomic mass is 16.5. The Bertz CT molecular complexity index is 150. The van der Waals surface area contributed by atoms with Gasteiger partial charge in [0.1, 0.15) is 6.61 Å². The molecule has 0 aliphatic carbocycles. The predicted octanol–water partition coefficient (Wildman–Crippen LogP) is 0.344. The summed E-state index contributed by atoms with van der Waals surface area (Å²) in [6.45, 7) is 3.12. The lowest BCUT2D eigenvalue weighted by molar-refractivity contribution is -0.128. The molecule has 1 atom stereocenters. The van der Waals surface area contributed by atoms with E-state index in [2.05, 4.69) is 5.32 Å². The second-order valence-corrected chi connectivity index (χ2v) is 3.22. The van der Waals surface area contributed by atoms with E-state index < -0.39 is 0 Å². The summed E-state index contributed by atoms with van der Waals surface area (Å²) in [5, 5.41) is 3.19. The van der Waals surface area contributed by atoms with E-state index >= 15 is 0 Å². The number of hydrogen-bond donors (Lipinski definition) is 1. The average molecular weight is 157 g/mol. The molecule has 0 aromatic heterocycles. The molecule has 0 spiro atoms. The highest BCUT2D eigenvalue weighted by Gasteiger charge is 2.34. The zero-order valence-electron chi connectivity index (χ0n) is 7.14. The first-order chi connectivity index (χ1) is 5.19. The molecule has 0 aromatic carbocycles. The van der Waals surface area contributed by atoms with Crippen LogP contribution in [0.3, 0.4) is 0 Å². The highest BCUT2D eigenvalue weighted by Crippen LogP contribution is 2.19. The third kappa shape index (κ3) is 1.79. The van der Waals surface area contributed by atoms with E-state index in [9.17, 15) is 4.79 Å². The summed E-state index contributed by atoms with van der Waals surface area (Å²) in [6.07, 6.45) is 2.03. The van der Waals surface area contributed by atoms with Crippen LogP contribution in [0.25, 0.3) is 0 Å². The molecule has 1 rings (SSSR count). The van der Waals surface area contributed by atoms with Crippen LogP contribution in [0.5, 0.6) is 0 Å². The van der Waals surface area contributed by atoms with Crippen LogP contribution in [0.4, 0.5) is 0 Å².